The Labute approximate surface area is 86.1 Å². The molecule has 1 amide bonds. The van der Waals surface area contributed by atoms with Gasteiger partial charge < -0.3 is 18.6 Å². The highest BCUT2D eigenvalue weighted by Crippen LogP contribution is 2.14. The largest absolute Gasteiger partial charge is 0.527 e. The Kier molecular flexibility index (Phi) is 6.72. The minimum Gasteiger partial charge on any atom is -0.527 e. The summed E-state index contributed by atoms with van der Waals surface area (Å²) in [6.45, 7) is 2.12. The maximum Gasteiger partial charge on any atom is 0.280 e. The molecule has 85 valence electrons. The highest BCUT2D eigenvalue weighted by molar-refractivity contribution is 6.60. The molecule has 0 saturated heterocycles. The maximum absolute atomic E-state index is 10.6. The summed E-state index contributed by atoms with van der Waals surface area (Å²) in [6.07, 6.45) is 0.793. The zero-order valence-corrected chi connectivity index (χ0v) is 10.3. The zero-order valence-electron chi connectivity index (χ0n) is 9.25. The fourth-order valence-corrected chi connectivity index (χ4v) is 2.85. The summed E-state index contributed by atoms with van der Waals surface area (Å²) in [6, 6.07) is 0.705. The number of carbonyl (C=O) groups excluding carboxylic acids is 1. The molecule has 0 bridgehead atoms. The highest BCUT2D eigenvalue weighted by atomic mass is 28.4. The summed E-state index contributed by atoms with van der Waals surface area (Å²) in [5.41, 5.74) is 0. The Hall–Kier alpha value is -0.433. The molecule has 0 fully saturated rings. The van der Waals surface area contributed by atoms with Crippen LogP contribution in [0.1, 0.15) is 13.3 Å². The predicted molar refractivity (Wildman–Crippen MR) is 54.9 cm³/mol. The Morgan fingerprint density at radius 2 is 1.71 bits per heavy atom. The smallest absolute Gasteiger partial charge is 0.280 e. The number of rotatable bonds is 7. The average Bonchev–Trinajstić information content (AvgIpc) is 2.19. The second-order valence-corrected chi connectivity index (χ2v) is 5.97. The van der Waals surface area contributed by atoms with Crippen molar-refractivity contribution in [2.24, 2.45) is 0 Å². The molecule has 0 rings (SSSR count). The van der Waals surface area contributed by atoms with Gasteiger partial charge >= 0.3 is 0 Å². The van der Waals surface area contributed by atoms with Gasteiger partial charge in [0.25, 0.3) is 8.80 Å². The van der Waals surface area contributed by atoms with Gasteiger partial charge in [0.15, 0.2) is 0 Å². The normalized spacial score (nSPS) is 11.4. The van der Waals surface area contributed by atoms with Crippen LogP contribution in [0.2, 0.25) is 6.04 Å². The molecular weight excluding hydrogens is 202 g/mol. The predicted octanol–water partition coefficient (Wildman–Crippen LogP) is 0.391. The molecule has 0 aliphatic rings. The van der Waals surface area contributed by atoms with Gasteiger partial charge in [0.1, 0.15) is 0 Å². The van der Waals surface area contributed by atoms with Gasteiger partial charge in [0.05, 0.1) is 0 Å². The number of hydrogen-bond acceptors (Lipinski definition) is 4. The summed E-state index contributed by atoms with van der Waals surface area (Å²) in [5, 5.41) is 2.71. The average molecular weight is 221 g/mol. The first-order valence-corrected chi connectivity index (χ1v) is 6.43. The number of nitrogens with one attached hydrogen (secondary N) is 1. The highest BCUT2D eigenvalue weighted by Gasteiger charge is 2.20. The van der Waals surface area contributed by atoms with Crippen LogP contribution in [0.5, 0.6) is 0 Å². The second kappa shape index (κ2) is 6.94. The van der Waals surface area contributed by atoms with Gasteiger partial charge in [-0.15, -0.1) is 0 Å². The van der Waals surface area contributed by atoms with Crippen LogP contribution in [-0.2, 0) is 18.1 Å². The van der Waals surface area contributed by atoms with Crippen LogP contribution in [0, 0.1) is 0 Å². The Morgan fingerprint density at radius 1 is 1.21 bits per heavy atom. The van der Waals surface area contributed by atoms with Crippen molar-refractivity contribution < 1.29 is 18.1 Å². The monoisotopic (exact) mass is 221 g/mol. The first-order chi connectivity index (χ1) is 6.60. The van der Waals surface area contributed by atoms with Crippen molar-refractivity contribution in [1.29, 1.82) is 0 Å². The van der Waals surface area contributed by atoms with Crippen LogP contribution in [0.4, 0.5) is 0 Å². The van der Waals surface area contributed by atoms with Crippen LogP contribution in [-0.4, -0.2) is 42.6 Å². The summed E-state index contributed by atoms with van der Waals surface area (Å²) in [5.74, 6) is -0.0236. The van der Waals surface area contributed by atoms with Crippen molar-refractivity contribution in [3.8, 4) is 0 Å². The third kappa shape index (κ3) is 4.71. The first-order valence-electron chi connectivity index (χ1n) is 4.50. The topological polar surface area (TPSA) is 56.8 Å². The van der Waals surface area contributed by atoms with Crippen LogP contribution in [0.15, 0.2) is 0 Å². The number of hydrogen-bond donors (Lipinski definition) is 1. The molecule has 0 saturated carbocycles. The lowest BCUT2D eigenvalue weighted by molar-refractivity contribution is -0.118. The van der Waals surface area contributed by atoms with E-state index in [1.165, 1.54) is 6.92 Å². The molecule has 0 atom stereocenters. The van der Waals surface area contributed by atoms with Crippen molar-refractivity contribution in [2.45, 2.75) is 19.4 Å². The van der Waals surface area contributed by atoms with Gasteiger partial charge in [-0.25, -0.2) is 0 Å². The van der Waals surface area contributed by atoms with Crippen LogP contribution in [0.25, 0.3) is 0 Å². The third-order valence-corrected chi connectivity index (χ3v) is 4.80. The Balaban J connectivity index is 3.77. The second-order valence-electron chi connectivity index (χ2n) is 2.88. The summed E-state index contributed by atoms with van der Waals surface area (Å²) in [4.78, 5) is 10.6. The molecule has 0 unspecified atom stereocenters. The summed E-state index contributed by atoms with van der Waals surface area (Å²) < 4.78 is 15.7. The molecule has 0 aromatic rings. The molecule has 14 heavy (non-hydrogen) atoms. The standard InChI is InChI=1S/C8H19NO4Si/c1-8(10)9-6-5-7-14(11-2,12-3)13-4/h5-7H2,1-4H3,(H,9,10)/q-1. The van der Waals surface area contributed by atoms with Gasteiger partial charge in [-0.2, -0.15) is 0 Å². The SMILES string of the molecule is CO[Si-](CCCNC(C)=O)(OC)OC. The Morgan fingerprint density at radius 3 is 2.07 bits per heavy atom. The minimum atomic E-state index is -2.44. The van der Waals surface area contributed by atoms with Crippen molar-refractivity contribution in [3.63, 3.8) is 0 Å². The van der Waals surface area contributed by atoms with E-state index in [0.717, 1.165) is 6.42 Å². The van der Waals surface area contributed by atoms with E-state index in [1.807, 2.05) is 0 Å². The number of amides is 1. The van der Waals surface area contributed by atoms with E-state index in [1.54, 1.807) is 21.3 Å². The van der Waals surface area contributed by atoms with Crippen molar-refractivity contribution >= 4 is 14.7 Å². The van der Waals surface area contributed by atoms with E-state index < -0.39 is 8.80 Å². The molecule has 0 aliphatic heterocycles. The lowest BCUT2D eigenvalue weighted by Gasteiger charge is -2.38. The van der Waals surface area contributed by atoms with E-state index in [9.17, 15) is 4.79 Å². The quantitative estimate of drug-likeness (QED) is 0.499. The van der Waals surface area contributed by atoms with E-state index in [4.69, 9.17) is 13.3 Å². The Bertz CT molecular complexity index is 164. The van der Waals surface area contributed by atoms with Crippen molar-refractivity contribution in [1.82, 2.24) is 5.32 Å². The molecule has 0 radical (unpaired) electrons. The molecule has 1 N–H and O–H groups in total. The molecule has 0 aromatic heterocycles. The van der Waals surface area contributed by atoms with E-state index in [-0.39, 0.29) is 5.91 Å². The fraction of sp³-hybridized carbons (Fsp3) is 0.875. The molecule has 0 heterocycles. The fourth-order valence-electron chi connectivity index (χ4n) is 1.13. The van der Waals surface area contributed by atoms with Crippen LogP contribution >= 0.6 is 0 Å². The molecule has 5 nitrogen and oxygen atoms in total. The number of carbonyl (C=O) groups is 1. The van der Waals surface area contributed by atoms with Crippen LogP contribution in [0.3, 0.4) is 0 Å². The van der Waals surface area contributed by atoms with Gasteiger partial charge in [-0.1, -0.05) is 12.5 Å². The first kappa shape index (κ1) is 13.6. The molecule has 0 aromatic carbocycles. The van der Waals surface area contributed by atoms with Gasteiger partial charge in [-0.05, 0) is 21.3 Å². The van der Waals surface area contributed by atoms with Crippen molar-refractivity contribution in [2.75, 3.05) is 27.9 Å². The molecular formula is C8H19NO4Si-. The lowest BCUT2D eigenvalue weighted by atomic mass is 10.5. The van der Waals surface area contributed by atoms with Gasteiger partial charge in [-0.3, -0.25) is 4.79 Å². The van der Waals surface area contributed by atoms with E-state index >= 15 is 0 Å². The minimum absolute atomic E-state index is 0.0236. The summed E-state index contributed by atoms with van der Waals surface area (Å²) >= 11 is 0. The van der Waals surface area contributed by atoms with Crippen molar-refractivity contribution in [3.05, 3.63) is 0 Å². The van der Waals surface area contributed by atoms with Gasteiger partial charge in [0, 0.05) is 13.5 Å². The summed E-state index contributed by atoms with van der Waals surface area (Å²) in [7, 11) is 2.30. The van der Waals surface area contributed by atoms with E-state index in [2.05, 4.69) is 5.32 Å². The lowest BCUT2D eigenvalue weighted by Crippen LogP contribution is -2.43. The molecule has 6 heteroatoms. The van der Waals surface area contributed by atoms with Crippen LogP contribution < -0.4 is 5.32 Å². The van der Waals surface area contributed by atoms with E-state index in [0.29, 0.717) is 12.6 Å². The zero-order chi connectivity index (χ0) is 11.0. The van der Waals surface area contributed by atoms with Gasteiger partial charge in [0.2, 0.25) is 5.91 Å². The third-order valence-electron chi connectivity index (χ3n) is 1.97. The molecule has 0 spiro atoms. The maximum atomic E-state index is 10.6. The molecule has 0 aliphatic carbocycles.